The summed E-state index contributed by atoms with van der Waals surface area (Å²) >= 11 is 0. The monoisotopic (exact) mass is 410 g/mol. The molecule has 9 nitrogen and oxygen atoms in total. The average Bonchev–Trinajstić information content (AvgIpc) is 3.04. The Kier molecular flexibility index (Phi) is 5.47. The fourth-order valence-corrected chi connectivity index (χ4v) is 3.64. The molecule has 1 aliphatic rings. The summed E-state index contributed by atoms with van der Waals surface area (Å²) in [5.41, 5.74) is 1.95. The Hall–Kier alpha value is -3.30. The number of hydrogen-bond donors (Lipinski definition) is 0. The first-order valence-electron chi connectivity index (χ1n) is 9.71. The molecule has 0 bridgehead atoms. The highest BCUT2D eigenvalue weighted by Crippen LogP contribution is 2.19. The van der Waals surface area contributed by atoms with E-state index in [4.69, 9.17) is 4.42 Å². The van der Waals surface area contributed by atoms with Gasteiger partial charge in [-0.1, -0.05) is 12.1 Å². The van der Waals surface area contributed by atoms with Gasteiger partial charge in [0.05, 0.1) is 23.5 Å². The number of nitrogens with zero attached hydrogens (tertiary/aromatic N) is 4. The third-order valence-electron chi connectivity index (χ3n) is 5.42. The number of Topliss-reactive ketones (excluding diaryl/α,β-unsaturated/α-hetero) is 1. The van der Waals surface area contributed by atoms with Crippen LogP contribution in [-0.4, -0.2) is 64.8 Å². The highest BCUT2D eigenvalue weighted by Gasteiger charge is 2.19. The SMILES string of the molecule is CN1CCN(CC(=O)c2ccc3c(c2)oc(=O)n3Cc2cccc([N+](=O)[O-])c2)CC1. The molecule has 1 aromatic heterocycles. The zero-order valence-corrected chi connectivity index (χ0v) is 16.6. The van der Waals surface area contributed by atoms with Crippen molar-refractivity contribution in [1.82, 2.24) is 14.4 Å². The third-order valence-corrected chi connectivity index (χ3v) is 5.42. The first-order valence-corrected chi connectivity index (χ1v) is 9.71. The van der Waals surface area contributed by atoms with Crippen LogP contribution >= 0.6 is 0 Å². The second kappa shape index (κ2) is 8.21. The number of nitro benzene ring substituents is 1. The summed E-state index contributed by atoms with van der Waals surface area (Å²) in [6, 6.07) is 11.1. The molecule has 30 heavy (non-hydrogen) atoms. The number of rotatable bonds is 6. The van der Waals surface area contributed by atoms with E-state index in [0.717, 1.165) is 26.2 Å². The first-order chi connectivity index (χ1) is 14.4. The maximum Gasteiger partial charge on any atom is 0.420 e. The smallest absolute Gasteiger partial charge is 0.408 e. The topological polar surface area (TPSA) is 102 Å². The predicted molar refractivity (Wildman–Crippen MR) is 111 cm³/mol. The van der Waals surface area contributed by atoms with Crippen LogP contribution in [0.2, 0.25) is 0 Å². The molecule has 4 rings (SSSR count). The summed E-state index contributed by atoms with van der Waals surface area (Å²) < 4.78 is 6.75. The summed E-state index contributed by atoms with van der Waals surface area (Å²) in [6.07, 6.45) is 0. The van der Waals surface area contributed by atoms with E-state index >= 15 is 0 Å². The van der Waals surface area contributed by atoms with Crippen molar-refractivity contribution >= 4 is 22.6 Å². The molecule has 9 heteroatoms. The molecule has 0 radical (unpaired) electrons. The minimum absolute atomic E-state index is 0.0180. The van der Waals surface area contributed by atoms with Crippen LogP contribution < -0.4 is 5.76 Å². The van der Waals surface area contributed by atoms with Crippen molar-refractivity contribution in [3.8, 4) is 0 Å². The second-order valence-electron chi connectivity index (χ2n) is 7.57. The lowest BCUT2D eigenvalue weighted by atomic mass is 10.1. The van der Waals surface area contributed by atoms with Crippen LogP contribution in [0, 0.1) is 10.1 Å². The van der Waals surface area contributed by atoms with Crippen molar-refractivity contribution in [3.63, 3.8) is 0 Å². The van der Waals surface area contributed by atoms with Crippen molar-refractivity contribution < 1.29 is 14.1 Å². The number of hydrogen-bond acceptors (Lipinski definition) is 7. The van der Waals surface area contributed by atoms with Crippen molar-refractivity contribution in [2.45, 2.75) is 6.54 Å². The van der Waals surface area contributed by atoms with E-state index in [9.17, 15) is 19.7 Å². The number of oxazole rings is 1. The molecular formula is C21H22N4O5. The van der Waals surface area contributed by atoms with E-state index in [1.54, 1.807) is 30.3 Å². The first kappa shape index (κ1) is 20.0. The van der Waals surface area contributed by atoms with E-state index in [2.05, 4.69) is 16.8 Å². The van der Waals surface area contributed by atoms with E-state index < -0.39 is 10.7 Å². The minimum Gasteiger partial charge on any atom is -0.408 e. The summed E-state index contributed by atoms with van der Waals surface area (Å²) in [7, 11) is 2.06. The van der Waals surface area contributed by atoms with E-state index in [1.807, 2.05) is 0 Å². The van der Waals surface area contributed by atoms with Gasteiger partial charge in [0, 0.05) is 43.9 Å². The van der Waals surface area contributed by atoms with E-state index in [-0.39, 0.29) is 18.0 Å². The molecule has 156 valence electrons. The van der Waals surface area contributed by atoms with Crippen LogP contribution in [-0.2, 0) is 6.54 Å². The second-order valence-corrected chi connectivity index (χ2v) is 7.57. The van der Waals surface area contributed by atoms with E-state index in [0.29, 0.717) is 28.8 Å². The Morgan fingerprint density at radius 3 is 2.63 bits per heavy atom. The van der Waals surface area contributed by atoms with Gasteiger partial charge in [0.2, 0.25) is 0 Å². The number of carbonyl (C=O) groups excluding carboxylic acids is 1. The van der Waals surface area contributed by atoms with Gasteiger partial charge in [-0.2, -0.15) is 0 Å². The molecule has 0 atom stereocenters. The zero-order chi connectivity index (χ0) is 21.3. The molecule has 0 aliphatic carbocycles. The number of benzene rings is 2. The number of ketones is 1. The van der Waals surface area contributed by atoms with Crippen molar-refractivity contribution in [2.24, 2.45) is 0 Å². The van der Waals surface area contributed by atoms with Crippen LogP contribution in [0.25, 0.3) is 11.1 Å². The quantitative estimate of drug-likeness (QED) is 0.348. The highest BCUT2D eigenvalue weighted by molar-refractivity contribution is 6.00. The lowest BCUT2D eigenvalue weighted by Crippen LogP contribution is -2.46. The van der Waals surface area contributed by atoms with Gasteiger partial charge in [0.25, 0.3) is 5.69 Å². The van der Waals surface area contributed by atoms with Gasteiger partial charge >= 0.3 is 5.76 Å². The molecule has 1 aliphatic heterocycles. The van der Waals surface area contributed by atoms with Crippen LogP contribution in [0.4, 0.5) is 5.69 Å². The Morgan fingerprint density at radius 2 is 1.90 bits per heavy atom. The van der Waals surface area contributed by atoms with Crippen LogP contribution in [0.15, 0.2) is 51.7 Å². The Bertz CT molecular complexity index is 1160. The molecule has 0 amide bonds. The zero-order valence-electron chi connectivity index (χ0n) is 16.6. The number of likely N-dealkylation sites (N-methyl/N-ethyl adjacent to an activating group) is 1. The number of non-ortho nitro benzene ring substituents is 1. The summed E-state index contributed by atoms with van der Waals surface area (Å²) in [6.45, 7) is 4.03. The predicted octanol–water partition coefficient (Wildman–Crippen LogP) is 1.98. The third kappa shape index (κ3) is 4.17. The number of aromatic nitrogens is 1. The number of nitro groups is 1. The Labute approximate surface area is 172 Å². The highest BCUT2D eigenvalue weighted by atomic mass is 16.6. The molecule has 1 saturated heterocycles. The van der Waals surface area contributed by atoms with Gasteiger partial charge in [-0.3, -0.25) is 24.4 Å². The maximum absolute atomic E-state index is 12.7. The van der Waals surface area contributed by atoms with Crippen LogP contribution in [0.3, 0.4) is 0 Å². The van der Waals surface area contributed by atoms with E-state index in [1.165, 1.54) is 16.7 Å². The average molecular weight is 410 g/mol. The minimum atomic E-state index is -0.569. The molecule has 2 heterocycles. The number of piperazine rings is 1. The standard InChI is InChI=1S/C21H22N4O5/c1-22-7-9-23(10-8-22)14-19(26)16-5-6-18-20(12-16)30-21(27)24(18)13-15-3-2-4-17(11-15)25(28)29/h2-6,11-12H,7-10,13-14H2,1H3. The Balaban J connectivity index is 1.55. The Morgan fingerprint density at radius 1 is 1.13 bits per heavy atom. The van der Waals surface area contributed by atoms with Gasteiger partial charge in [0.15, 0.2) is 11.4 Å². The van der Waals surface area contributed by atoms with Crippen LogP contribution in [0.1, 0.15) is 15.9 Å². The number of fused-ring (bicyclic) bond motifs is 1. The molecule has 0 saturated carbocycles. The summed E-state index contributed by atoms with van der Waals surface area (Å²) in [5, 5.41) is 11.0. The van der Waals surface area contributed by atoms with Crippen molar-refractivity contribution in [3.05, 3.63) is 74.3 Å². The van der Waals surface area contributed by atoms with Crippen LogP contribution in [0.5, 0.6) is 0 Å². The summed E-state index contributed by atoms with van der Waals surface area (Å²) in [5.74, 6) is -0.587. The summed E-state index contributed by atoms with van der Waals surface area (Å²) in [4.78, 5) is 39.9. The number of carbonyl (C=O) groups is 1. The molecule has 0 spiro atoms. The van der Waals surface area contributed by atoms with Gasteiger partial charge in [0.1, 0.15) is 0 Å². The fourth-order valence-electron chi connectivity index (χ4n) is 3.64. The lowest BCUT2D eigenvalue weighted by Gasteiger charge is -2.31. The molecular weight excluding hydrogens is 388 g/mol. The fraction of sp³-hybridized carbons (Fsp3) is 0.333. The van der Waals surface area contributed by atoms with Crippen molar-refractivity contribution in [1.29, 1.82) is 0 Å². The molecule has 3 aromatic rings. The van der Waals surface area contributed by atoms with Gasteiger partial charge in [-0.05, 0) is 30.8 Å². The normalized spacial score (nSPS) is 15.5. The molecule has 0 unspecified atom stereocenters. The van der Waals surface area contributed by atoms with Gasteiger partial charge in [-0.15, -0.1) is 0 Å². The van der Waals surface area contributed by atoms with Crippen molar-refractivity contribution in [2.75, 3.05) is 39.8 Å². The lowest BCUT2D eigenvalue weighted by molar-refractivity contribution is -0.384. The molecule has 2 aromatic carbocycles. The van der Waals surface area contributed by atoms with Gasteiger partial charge in [-0.25, -0.2) is 4.79 Å². The maximum atomic E-state index is 12.7. The molecule has 1 fully saturated rings. The molecule has 0 N–H and O–H groups in total. The van der Waals surface area contributed by atoms with Gasteiger partial charge < -0.3 is 9.32 Å². The largest absolute Gasteiger partial charge is 0.420 e.